The van der Waals surface area contributed by atoms with Gasteiger partial charge in [-0.1, -0.05) is 24.3 Å². The van der Waals surface area contributed by atoms with Crippen LogP contribution in [-0.4, -0.2) is 74.8 Å². The number of carbonyl (C=O) groups excluding carboxylic acids is 1. The van der Waals surface area contributed by atoms with Gasteiger partial charge in [-0.05, 0) is 47.5 Å². The molecule has 0 radical (unpaired) electrons. The Balaban J connectivity index is 1.58. The minimum atomic E-state index is -1.62. The Morgan fingerprint density at radius 2 is 1.44 bits per heavy atom. The minimum absolute atomic E-state index is 0.0895. The molecule has 1 heterocycles. The number of rotatable bonds is 8. The normalized spacial score (nSPS) is 24.9. The zero-order valence-corrected chi connectivity index (χ0v) is 17.8. The number of hydrogen-bond donors (Lipinski definition) is 5. The van der Waals surface area contributed by atoms with Crippen molar-refractivity contribution in [1.29, 1.82) is 0 Å². The van der Waals surface area contributed by atoms with Gasteiger partial charge in [0.1, 0.15) is 42.5 Å². The average Bonchev–Trinajstić information content (AvgIpc) is 2.82. The summed E-state index contributed by atoms with van der Waals surface area (Å²) in [6, 6.07) is 12.3. The second-order valence-electron chi connectivity index (χ2n) is 7.43. The summed E-state index contributed by atoms with van der Waals surface area (Å²) in [5.41, 5.74) is 1.25. The number of aliphatic hydroxyl groups is 3. The van der Waals surface area contributed by atoms with Crippen molar-refractivity contribution in [2.75, 3.05) is 6.61 Å². The summed E-state index contributed by atoms with van der Waals surface area (Å²) in [7, 11) is 0. The van der Waals surface area contributed by atoms with Crippen molar-refractivity contribution >= 4 is 24.1 Å². The summed E-state index contributed by atoms with van der Waals surface area (Å²) in [6.45, 7) is -0.414. The highest BCUT2D eigenvalue weighted by Crippen LogP contribution is 2.25. The molecule has 10 nitrogen and oxygen atoms in total. The first kappa shape index (κ1) is 24.9. The topological polar surface area (TPSA) is 163 Å². The van der Waals surface area contributed by atoms with E-state index in [1.807, 2.05) is 0 Å². The number of carbonyl (C=O) groups is 2. The first-order valence-electron chi connectivity index (χ1n) is 10.2. The number of aliphatic hydroxyl groups excluding tert-OH is 3. The van der Waals surface area contributed by atoms with E-state index >= 15 is 0 Å². The molecule has 0 saturated carbocycles. The number of carboxylic acids is 1. The van der Waals surface area contributed by atoms with Gasteiger partial charge >= 0.3 is 11.9 Å². The maximum absolute atomic E-state index is 12.0. The molecule has 0 spiro atoms. The van der Waals surface area contributed by atoms with Crippen LogP contribution in [0.15, 0.2) is 60.7 Å². The van der Waals surface area contributed by atoms with Gasteiger partial charge in [0.25, 0.3) is 0 Å². The Bertz CT molecular complexity index is 1030. The molecule has 1 fully saturated rings. The van der Waals surface area contributed by atoms with Crippen molar-refractivity contribution in [3.63, 3.8) is 0 Å². The third kappa shape index (κ3) is 6.90. The Kier molecular flexibility index (Phi) is 8.39. The molecule has 5 unspecified atom stereocenters. The fourth-order valence-corrected chi connectivity index (χ4v) is 3.07. The van der Waals surface area contributed by atoms with Crippen LogP contribution >= 0.6 is 0 Å². The summed E-state index contributed by atoms with van der Waals surface area (Å²) in [5, 5.41) is 48.5. The van der Waals surface area contributed by atoms with Gasteiger partial charge in [0.05, 0.1) is 0 Å². The molecule has 1 aliphatic heterocycles. The molecule has 2 aromatic carbocycles. The maximum atomic E-state index is 12.0. The van der Waals surface area contributed by atoms with Gasteiger partial charge in [-0.25, -0.2) is 9.59 Å². The number of aromatic hydroxyl groups is 1. The van der Waals surface area contributed by atoms with Crippen LogP contribution in [0.3, 0.4) is 0 Å². The van der Waals surface area contributed by atoms with E-state index in [0.29, 0.717) is 11.1 Å². The predicted octanol–water partition coefficient (Wildman–Crippen LogP) is 0.933. The standard InChI is InChI=1S/C24H24O10/c25-16-7-1-14(2-8-16)6-12-20(28)32-13-18-21(29)22(30)23(31)24(34-18)33-17-9-3-15(4-10-17)5-11-19(26)27/h1-12,18,21-25,29-31H,13H2,(H,26,27). The van der Waals surface area contributed by atoms with E-state index in [1.54, 1.807) is 24.3 Å². The molecular formula is C24H24O10. The van der Waals surface area contributed by atoms with Gasteiger partial charge in [-0.15, -0.1) is 0 Å². The number of phenols is 1. The van der Waals surface area contributed by atoms with Crippen LogP contribution in [0.2, 0.25) is 0 Å². The number of benzene rings is 2. The molecule has 2 aromatic rings. The summed E-state index contributed by atoms with van der Waals surface area (Å²) < 4.78 is 16.2. The Hall–Kier alpha value is -3.70. The molecule has 5 atom stereocenters. The predicted molar refractivity (Wildman–Crippen MR) is 119 cm³/mol. The quantitative estimate of drug-likeness (QED) is 0.276. The van der Waals surface area contributed by atoms with Crippen LogP contribution < -0.4 is 4.74 Å². The Labute approximate surface area is 194 Å². The molecule has 3 rings (SSSR count). The lowest BCUT2D eigenvalue weighted by atomic mass is 9.99. The van der Waals surface area contributed by atoms with Crippen LogP contribution in [0.25, 0.3) is 12.2 Å². The number of ether oxygens (including phenoxy) is 3. The van der Waals surface area contributed by atoms with E-state index in [0.717, 1.165) is 12.2 Å². The fourth-order valence-electron chi connectivity index (χ4n) is 3.07. The number of esters is 1. The van der Waals surface area contributed by atoms with Crippen molar-refractivity contribution in [3.8, 4) is 11.5 Å². The lowest BCUT2D eigenvalue weighted by Crippen LogP contribution is -2.60. The third-order valence-electron chi connectivity index (χ3n) is 4.91. The highest BCUT2D eigenvalue weighted by molar-refractivity contribution is 5.87. The molecule has 0 aromatic heterocycles. The van der Waals surface area contributed by atoms with E-state index in [4.69, 9.17) is 19.3 Å². The lowest BCUT2D eigenvalue weighted by Gasteiger charge is -2.39. The van der Waals surface area contributed by atoms with Gasteiger partial charge < -0.3 is 39.7 Å². The first-order valence-corrected chi connectivity index (χ1v) is 10.2. The van der Waals surface area contributed by atoms with E-state index in [9.17, 15) is 30.0 Å². The highest BCUT2D eigenvalue weighted by atomic mass is 16.7. The summed E-state index contributed by atoms with van der Waals surface area (Å²) in [4.78, 5) is 22.6. The number of hydrogen-bond acceptors (Lipinski definition) is 9. The molecule has 10 heteroatoms. The van der Waals surface area contributed by atoms with E-state index in [2.05, 4.69) is 0 Å². The summed E-state index contributed by atoms with van der Waals surface area (Å²) >= 11 is 0. The van der Waals surface area contributed by atoms with Gasteiger partial charge in [-0.2, -0.15) is 0 Å². The molecule has 5 N–H and O–H groups in total. The van der Waals surface area contributed by atoms with Crippen LogP contribution in [-0.2, 0) is 19.1 Å². The van der Waals surface area contributed by atoms with E-state index in [-0.39, 0.29) is 11.5 Å². The molecular weight excluding hydrogens is 448 g/mol. The zero-order valence-electron chi connectivity index (χ0n) is 17.8. The van der Waals surface area contributed by atoms with Crippen LogP contribution in [0.1, 0.15) is 11.1 Å². The largest absolute Gasteiger partial charge is 0.508 e. The van der Waals surface area contributed by atoms with Gasteiger partial charge in [0.15, 0.2) is 0 Å². The van der Waals surface area contributed by atoms with Crippen LogP contribution in [0, 0.1) is 0 Å². The minimum Gasteiger partial charge on any atom is -0.508 e. The molecule has 1 aliphatic rings. The molecule has 34 heavy (non-hydrogen) atoms. The van der Waals surface area contributed by atoms with Crippen LogP contribution in [0.5, 0.6) is 11.5 Å². The SMILES string of the molecule is O=C(O)C=Cc1ccc(OC2OC(COC(=O)C=Cc3ccc(O)cc3)C(O)C(O)C2O)cc1. The van der Waals surface area contributed by atoms with E-state index < -0.39 is 49.3 Å². The number of phenolic OH excluding ortho intramolecular Hbond substituents is 1. The van der Waals surface area contributed by atoms with Crippen molar-refractivity contribution in [2.24, 2.45) is 0 Å². The molecule has 0 amide bonds. The average molecular weight is 472 g/mol. The van der Waals surface area contributed by atoms with E-state index in [1.165, 1.54) is 36.4 Å². The number of aliphatic carboxylic acids is 1. The zero-order chi connectivity index (χ0) is 24.7. The molecule has 0 bridgehead atoms. The Morgan fingerprint density at radius 1 is 0.853 bits per heavy atom. The van der Waals surface area contributed by atoms with Gasteiger partial charge in [0, 0.05) is 12.2 Å². The maximum Gasteiger partial charge on any atom is 0.330 e. The van der Waals surface area contributed by atoms with Gasteiger partial charge in [-0.3, -0.25) is 0 Å². The second kappa shape index (κ2) is 11.4. The Morgan fingerprint density at radius 3 is 2.06 bits per heavy atom. The molecule has 1 saturated heterocycles. The van der Waals surface area contributed by atoms with Gasteiger partial charge in [0.2, 0.25) is 6.29 Å². The first-order chi connectivity index (χ1) is 16.2. The smallest absolute Gasteiger partial charge is 0.330 e. The fraction of sp³-hybridized carbons (Fsp3) is 0.250. The van der Waals surface area contributed by atoms with Crippen molar-refractivity contribution < 1.29 is 49.3 Å². The van der Waals surface area contributed by atoms with Crippen molar-refractivity contribution in [1.82, 2.24) is 0 Å². The summed E-state index contributed by atoms with van der Waals surface area (Å²) in [5.74, 6) is -1.47. The highest BCUT2D eigenvalue weighted by Gasteiger charge is 2.45. The monoisotopic (exact) mass is 472 g/mol. The second-order valence-corrected chi connectivity index (χ2v) is 7.43. The molecule has 180 valence electrons. The summed E-state index contributed by atoms with van der Waals surface area (Å²) in [6.07, 6.45) is -2.28. The third-order valence-corrected chi connectivity index (χ3v) is 4.91. The number of carboxylic acid groups (broad SMARTS) is 1. The van der Waals surface area contributed by atoms with Crippen LogP contribution in [0.4, 0.5) is 0 Å². The lowest BCUT2D eigenvalue weighted by molar-refractivity contribution is -0.278. The van der Waals surface area contributed by atoms with Crippen molar-refractivity contribution in [3.05, 3.63) is 71.8 Å². The van der Waals surface area contributed by atoms with Crippen molar-refractivity contribution in [2.45, 2.75) is 30.7 Å². The molecule has 0 aliphatic carbocycles.